The third-order valence-corrected chi connectivity index (χ3v) is 1.79. The Morgan fingerprint density at radius 1 is 0.636 bits per heavy atom. The van der Waals surface area contributed by atoms with E-state index in [1.807, 2.05) is 0 Å². The molecule has 0 fully saturated rings. The quantitative estimate of drug-likeness (QED) is 0.611. The molecule has 0 heterocycles. The molecule has 0 aromatic carbocycles. The van der Waals surface area contributed by atoms with Gasteiger partial charge in [0.25, 0.3) is 0 Å². The van der Waals surface area contributed by atoms with Crippen molar-refractivity contribution >= 4 is 0 Å². The van der Waals surface area contributed by atoms with Crippen molar-refractivity contribution in [1.29, 1.82) is 0 Å². The Balaban J connectivity index is 0. The summed E-state index contributed by atoms with van der Waals surface area (Å²) >= 11 is 0. The molecule has 0 spiro atoms. The van der Waals surface area contributed by atoms with Crippen molar-refractivity contribution in [2.24, 2.45) is 0 Å². The molecule has 0 aromatic heterocycles. The molecule has 0 radical (unpaired) electrons. The summed E-state index contributed by atoms with van der Waals surface area (Å²) < 4.78 is 0. The van der Waals surface area contributed by atoms with Crippen LogP contribution >= 0.6 is 0 Å². The van der Waals surface area contributed by atoms with Crippen molar-refractivity contribution in [2.45, 2.75) is 67.1 Å². The minimum atomic E-state index is 0. The fraction of sp³-hybridized carbons (Fsp3) is 1.00. The van der Waals surface area contributed by atoms with Gasteiger partial charge in [-0.3, -0.25) is 4.90 Å². The molecule has 0 bridgehead atoms. The Labute approximate surface area is 72.8 Å². The standard InChI is InChI=1S/C9H21N.CH4/c1-7(2)10(8(3)4)9(5)6;/h7-9H,1-6H3;1H4. The SMILES string of the molecule is C.CC(C)N(C(C)C)C(C)C. The van der Waals surface area contributed by atoms with Crippen molar-refractivity contribution in [3.8, 4) is 0 Å². The van der Waals surface area contributed by atoms with Gasteiger partial charge in [-0.25, -0.2) is 0 Å². The zero-order valence-electron chi connectivity index (χ0n) is 8.18. The molecule has 0 saturated carbocycles. The van der Waals surface area contributed by atoms with Crippen LogP contribution in [-0.4, -0.2) is 23.0 Å². The van der Waals surface area contributed by atoms with E-state index in [1.54, 1.807) is 0 Å². The molecule has 0 amide bonds. The van der Waals surface area contributed by atoms with E-state index < -0.39 is 0 Å². The van der Waals surface area contributed by atoms with Gasteiger partial charge < -0.3 is 0 Å². The van der Waals surface area contributed by atoms with E-state index in [0.29, 0.717) is 18.1 Å². The fourth-order valence-electron chi connectivity index (χ4n) is 1.79. The lowest BCUT2D eigenvalue weighted by Crippen LogP contribution is -2.42. The molecule has 0 N–H and O–H groups in total. The van der Waals surface area contributed by atoms with Crippen molar-refractivity contribution in [2.75, 3.05) is 0 Å². The monoisotopic (exact) mass is 159 g/mol. The molecular weight excluding hydrogens is 134 g/mol. The minimum absolute atomic E-state index is 0. The summed E-state index contributed by atoms with van der Waals surface area (Å²) in [7, 11) is 0. The van der Waals surface area contributed by atoms with Crippen molar-refractivity contribution in [1.82, 2.24) is 4.90 Å². The molecule has 0 atom stereocenters. The van der Waals surface area contributed by atoms with E-state index in [1.165, 1.54) is 0 Å². The van der Waals surface area contributed by atoms with Gasteiger partial charge in [0.1, 0.15) is 0 Å². The summed E-state index contributed by atoms with van der Waals surface area (Å²) in [6, 6.07) is 2.00. The molecule has 1 heteroatoms. The maximum Gasteiger partial charge on any atom is 0.00439 e. The van der Waals surface area contributed by atoms with Gasteiger partial charge in [-0.05, 0) is 41.5 Å². The number of hydrogen-bond donors (Lipinski definition) is 0. The molecule has 0 saturated heterocycles. The largest absolute Gasteiger partial charge is 0.296 e. The summed E-state index contributed by atoms with van der Waals surface area (Å²) in [5.74, 6) is 0. The second-order valence-electron chi connectivity index (χ2n) is 3.73. The molecule has 0 rings (SSSR count). The van der Waals surface area contributed by atoms with Gasteiger partial charge in [-0.2, -0.15) is 0 Å². The predicted octanol–water partition coefficient (Wildman–Crippen LogP) is 3.15. The lowest BCUT2D eigenvalue weighted by Gasteiger charge is -2.34. The average molecular weight is 159 g/mol. The predicted molar refractivity (Wildman–Crippen MR) is 54.0 cm³/mol. The maximum absolute atomic E-state index is 2.50. The summed E-state index contributed by atoms with van der Waals surface area (Å²) in [5.41, 5.74) is 0. The number of hydrogen-bond acceptors (Lipinski definition) is 1. The normalized spacial score (nSPS) is 11.5. The van der Waals surface area contributed by atoms with E-state index in [4.69, 9.17) is 0 Å². The molecule has 0 aromatic rings. The fourth-order valence-corrected chi connectivity index (χ4v) is 1.79. The maximum atomic E-state index is 2.50. The molecule has 0 unspecified atom stereocenters. The highest BCUT2D eigenvalue weighted by atomic mass is 15.2. The van der Waals surface area contributed by atoms with Crippen LogP contribution < -0.4 is 0 Å². The summed E-state index contributed by atoms with van der Waals surface area (Å²) in [6.07, 6.45) is 0. The summed E-state index contributed by atoms with van der Waals surface area (Å²) in [4.78, 5) is 2.50. The third-order valence-electron chi connectivity index (χ3n) is 1.79. The highest BCUT2D eigenvalue weighted by Crippen LogP contribution is 2.08. The first kappa shape index (κ1) is 13.5. The Hall–Kier alpha value is -0.0400. The molecule has 70 valence electrons. The topological polar surface area (TPSA) is 3.24 Å². The van der Waals surface area contributed by atoms with Gasteiger partial charge in [-0.1, -0.05) is 7.43 Å². The zero-order valence-corrected chi connectivity index (χ0v) is 8.18. The Kier molecular flexibility index (Phi) is 6.88. The molecule has 0 aliphatic heterocycles. The van der Waals surface area contributed by atoms with Gasteiger partial charge in [0.2, 0.25) is 0 Å². The number of rotatable bonds is 3. The Morgan fingerprint density at radius 2 is 0.818 bits per heavy atom. The lowest BCUT2D eigenvalue weighted by atomic mass is 10.2. The smallest absolute Gasteiger partial charge is 0.00439 e. The van der Waals surface area contributed by atoms with E-state index in [0.717, 1.165) is 0 Å². The summed E-state index contributed by atoms with van der Waals surface area (Å²) in [5, 5.41) is 0. The van der Waals surface area contributed by atoms with Crippen molar-refractivity contribution < 1.29 is 0 Å². The zero-order chi connectivity index (χ0) is 8.31. The van der Waals surface area contributed by atoms with Gasteiger partial charge in [0, 0.05) is 18.1 Å². The molecular formula is C10H25N. The second kappa shape index (κ2) is 5.59. The van der Waals surface area contributed by atoms with Gasteiger partial charge >= 0.3 is 0 Å². The van der Waals surface area contributed by atoms with Gasteiger partial charge in [0.05, 0.1) is 0 Å². The van der Waals surface area contributed by atoms with Crippen LogP contribution in [0, 0.1) is 0 Å². The van der Waals surface area contributed by atoms with Crippen LogP contribution in [0.3, 0.4) is 0 Å². The second-order valence-corrected chi connectivity index (χ2v) is 3.73. The first-order chi connectivity index (χ1) is 4.46. The van der Waals surface area contributed by atoms with E-state index in [-0.39, 0.29) is 7.43 Å². The van der Waals surface area contributed by atoms with Crippen LogP contribution in [0.2, 0.25) is 0 Å². The lowest BCUT2D eigenvalue weighted by molar-refractivity contribution is 0.133. The highest BCUT2D eigenvalue weighted by molar-refractivity contribution is 4.70. The van der Waals surface area contributed by atoms with Crippen LogP contribution in [0.5, 0.6) is 0 Å². The van der Waals surface area contributed by atoms with Crippen LogP contribution in [0.25, 0.3) is 0 Å². The van der Waals surface area contributed by atoms with Gasteiger partial charge in [0.15, 0.2) is 0 Å². The van der Waals surface area contributed by atoms with E-state index >= 15 is 0 Å². The molecule has 0 aliphatic rings. The third kappa shape index (κ3) is 4.41. The van der Waals surface area contributed by atoms with Crippen LogP contribution in [-0.2, 0) is 0 Å². The average Bonchev–Trinajstić information content (AvgIpc) is 1.59. The Bertz CT molecular complexity index is 65.9. The highest BCUT2D eigenvalue weighted by Gasteiger charge is 2.15. The first-order valence-corrected chi connectivity index (χ1v) is 4.24. The first-order valence-electron chi connectivity index (χ1n) is 4.24. The molecule has 0 aliphatic carbocycles. The van der Waals surface area contributed by atoms with Gasteiger partial charge in [-0.15, -0.1) is 0 Å². The van der Waals surface area contributed by atoms with Crippen LogP contribution in [0.1, 0.15) is 49.0 Å². The molecule has 1 nitrogen and oxygen atoms in total. The van der Waals surface area contributed by atoms with Crippen LogP contribution in [0.4, 0.5) is 0 Å². The summed E-state index contributed by atoms with van der Waals surface area (Å²) in [6.45, 7) is 13.5. The minimum Gasteiger partial charge on any atom is -0.296 e. The molecule has 11 heavy (non-hydrogen) atoms. The van der Waals surface area contributed by atoms with Crippen LogP contribution in [0.15, 0.2) is 0 Å². The van der Waals surface area contributed by atoms with E-state index in [2.05, 4.69) is 46.4 Å². The number of nitrogens with zero attached hydrogens (tertiary/aromatic N) is 1. The van der Waals surface area contributed by atoms with Crippen molar-refractivity contribution in [3.63, 3.8) is 0 Å². The van der Waals surface area contributed by atoms with Crippen molar-refractivity contribution in [3.05, 3.63) is 0 Å². The Morgan fingerprint density at radius 3 is 0.818 bits per heavy atom. The van der Waals surface area contributed by atoms with E-state index in [9.17, 15) is 0 Å².